The second-order valence-electron chi connectivity index (χ2n) is 4.84. The van der Waals surface area contributed by atoms with E-state index in [0.717, 1.165) is 37.1 Å². The van der Waals surface area contributed by atoms with Crippen LogP contribution in [0.4, 0.5) is 0 Å². The highest BCUT2D eigenvalue weighted by molar-refractivity contribution is 6.31. The van der Waals surface area contributed by atoms with E-state index < -0.39 is 0 Å². The quantitative estimate of drug-likeness (QED) is 0.892. The number of piperidine rings is 1. The van der Waals surface area contributed by atoms with Crippen LogP contribution in [0, 0.1) is 6.92 Å². The molecule has 0 spiro atoms. The summed E-state index contributed by atoms with van der Waals surface area (Å²) in [6.45, 7) is 3.56. The van der Waals surface area contributed by atoms with Crippen molar-refractivity contribution in [3.8, 4) is 0 Å². The third kappa shape index (κ3) is 2.85. The summed E-state index contributed by atoms with van der Waals surface area (Å²) in [5, 5.41) is 3.95. The monoisotopic (exact) mass is 266 g/mol. The summed E-state index contributed by atoms with van der Waals surface area (Å²) in [5.74, 6) is 0.106. The molecule has 1 aliphatic rings. The Balaban J connectivity index is 2.12. The van der Waals surface area contributed by atoms with E-state index in [2.05, 4.69) is 5.32 Å². The number of rotatable bonds is 2. The average molecular weight is 267 g/mol. The highest BCUT2D eigenvalue weighted by Gasteiger charge is 2.23. The number of likely N-dealkylation sites (tertiary alicyclic amines) is 1. The van der Waals surface area contributed by atoms with Crippen molar-refractivity contribution in [2.75, 3.05) is 20.1 Å². The molecule has 18 heavy (non-hydrogen) atoms. The van der Waals surface area contributed by atoms with Crippen molar-refractivity contribution in [3.63, 3.8) is 0 Å². The topological polar surface area (TPSA) is 32.3 Å². The predicted octanol–water partition coefficient (Wildman–Crippen LogP) is 2.47. The van der Waals surface area contributed by atoms with E-state index in [9.17, 15) is 4.79 Å². The summed E-state index contributed by atoms with van der Waals surface area (Å²) >= 11 is 5.98. The zero-order chi connectivity index (χ0) is 13.1. The summed E-state index contributed by atoms with van der Waals surface area (Å²) in [6.07, 6.45) is 2.20. The highest BCUT2D eigenvalue weighted by atomic mass is 35.5. The average Bonchev–Trinajstić information content (AvgIpc) is 2.41. The van der Waals surface area contributed by atoms with Gasteiger partial charge in [-0.15, -0.1) is 0 Å². The van der Waals surface area contributed by atoms with E-state index in [1.54, 1.807) is 12.1 Å². The molecule has 0 saturated carbocycles. The van der Waals surface area contributed by atoms with Crippen LogP contribution in [0.1, 0.15) is 28.8 Å². The van der Waals surface area contributed by atoms with E-state index in [1.165, 1.54) is 0 Å². The Morgan fingerprint density at radius 2 is 2.28 bits per heavy atom. The summed E-state index contributed by atoms with van der Waals surface area (Å²) in [5.41, 5.74) is 1.68. The van der Waals surface area contributed by atoms with Crippen LogP contribution in [0.15, 0.2) is 18.2 Å². The van der Waals surface area contributed by atoms with Gasteiger partial charge in [0.15, 0.2) is 0 Å². The molecule has 1 aromatic rings. The molecule has 3 nitrogen and oxygen atoms in total. The Morgan fingerprint density at radius 3 is 2.94 bits per heavy atom. The lowest BCUT2D eigenvalue weighted by atomic mass is 10.0. The molecule has 0 aromatic heterocycles. The first kappa shape index (κ1) is 13.4. The number of benzene rings is 1. The fraction of sp³-hybridized carbons (Fsp3) is 0.500. The number of carbonyl (C=O) groups is 1. The van der Waals surface area contributed by atoms with Crippen molar-refractivity contribution >= 4 is 17.5 Å². The highest BCUT2D eigenvalue weighted by Crippen LogP contribution is 2.19. The molecular weight excluding hydrogens is 248 g/mol. The molecule has 1 saturated heterocycles. The van der Waals surface area contributed by atoms with Crippen LogP contribution in [0.25, 0.3) is 0 Å². The first-order valence-electron chi connectivity index (χ1n) is 6.34. The third-order valence-corrected chi connectivity index (χ3v) is 3.95. The molecule has 0 aliphatic carbocycles. The molecule has 0 radical (unpaired) electrons. The smallest absolute Gasteiger partial charge is 0.253 e. The van der Waals surface area contributed by atoms with E-state index in [4.69, 9.17) is 11.6 Å². The van der Waals surface area contributed by atoms with Crippen molar-refractivity contribution in [2.45, 2.75) is 25.8 Å². The number of amides is 1. The zero-order valence-corrected chi connectivity index (χ0v) is 11.6. The van der Waals surface area contributed by atoms with Crippen LogP contribution in [0.5, 0.6) is 0 Å². The lowest BCUT2D eigenvalue weighted by Gasteiger charge is -2.32. The van der Waals surface area contributed by atoms with Gasteiger partial charge in [-0.05, 0) is 50.6 Å². The van der Waals surface area contributed by atoms with E-state index in [0.29, 0.717) is 11.1 Å². The molecule has 4 heteroatoms. The molecule has 1 fully saturated rings. The van der Waals surface area contributed by atoms with Gasteiger partial charge in [-0.3, -0.25) is 4.79 Å². The van der Waals surface area contributed by atoms with Gasteiger partial charge >= 0.3 is 0 Å². The van der Waals surface area contributed by atoms with Gasteiger partial charge in [0.25, 0.3) is 5.91 Å². The number of likely N-dealkylation sites (N-methyl/N-ethyl adjacent to an activating group) is 1. The minimum atomic E-state index is 0.106. The predicted molar refractivity (Wildman–Crippen MR) is 74.2 cm³/mol. The first-order chi connectivity index (χ1) is 8.61. The molecule has 1 N–H and O–H groups in total. The number of aryl methyl sites for hydroxylation is 1. The van der Waals surface area contributed by atoms with Crippen molar-refractivity contribution in [1.82, 2.24) is 10.2 Å². The Kier molecular flexibility index (Phi) is 4.25. The van der Waals surface area contributed by atoms with Crippen LogP contribution >= 0.6 is 11.6 Å². The summed E-state index contributed by atoms with van der Waals surface area (Å²) in [6, 6.07) is 5.88. The molecule has 0 bridgehead atoms. The fourth-order valence-corrected chi connectivity index (χ4v) is 2.48. The largest absolute Gasteiger partial charge is 0.337 e. The molecule has 1 unspecified atom stereocenters. The second-order valence-corrected chi connectivity index (χ2v) is 5.25. The molecule has 2 rings (SSSR count). The van der Waals surface area contributed by atoms with Gasteiger partial charge in [0.05, 0.1) is 0 Å². The van der Waals surface area contributed by atoms with Crippen LogP contribution in [0.2, 0.25) is 5.02 Å². The Labute approximate surface area is 113 Å². The Morgan fingerprint density at radius 1 is 1.50 bits per heavy atom. The number of halogens is 1. The Hall–Kier alpha value is -1.06. The number of carbonyl (C=O) groups excluding carboxylic acids is 1. The lowest BCUT2D eigenvalue weighted by Crippen LogP contribution is -2.46. The molecule has 1 atom stereocenters. The van der Waals surface area contributed by atoms with Crippen molar-refractivity contribution in [1.29, 1.82) is 0 Å². The molecule has 1 aliphatic heterocycles. The maximum atomic E-state index is 12.4. The van der Waals surface area contributed by atoms with E-state index >= 15 is 0 Å². The maximum absolute atomic E-state index is 12.4. The van der Waals surface area contributed by atoms with Gasteiger partial charge in [-0.25, -0.2) is 0 Å². The standard InChI is InChI=1S/C14H19ClN2O/c1-10-8-11(5-6-13(10)15)14(18)17-7-3-4-12(9-17)16-2/h5-6,8,12,16H,3-4,7,9H2,1-2H3. The zero-order valence-electron chi connectivity index (χ0n) is 10.9. The van der Waals surface area contributed by atoms with Crippen LogP contribution in [0.3, 0.4) is 0 Å². The molecule has 1 aromatic carbocycles. The molecule has 1 heterocycles. The van der Waals surface area contributed by atoms with Crippen LogP contribution in [-0.4, -0.2) is 37.0 Å². The number of hydrogen-bond donors (Lipinski definition) is 1. The number of nitrogens with one attached hydrogen (secondary N) is 1. The van der Waals surface area contributed by atoms with Gasteiger partial charge < -0.3 is 10.2 Å². The summed E-state index contributed by atoms with van der Waals surface area (Å²) in [4.78, 5) is 14.3. The first-order valence-corrected chi connectivity index (χ1v) is 6.72. The normalized spacial score (nSPS) is 19.9. The number of nitrogens with zero attached hydrogens (tertiary/aromatic N) is 1. The van der Waals surface area contributed by atoms with Crippen molar-refractivity contribution in [3.05, 3.63) is 34.3 Å². The summed E-state index contributed by atoms with van der Waals surface area (Å²) < 4.78 is 0. The number of hydrogen-bond acceptors (Lipinski definition) is 2. The van der Waals surface area contributed by atoms with E-state index in [-0.39, 0.29) is 5.91 Å². The van der Waals surface area contributed by atoms with Crippen molar-refractivity contribution in [2.24, 2.45) is 0 Å². The lowest BCUT2D eigenvalue weighted by molar-refractivity contribution is 0.0698. The van der Waals surface area contributed by atoms with Gasteiger partial charge in [-0.2, -0.15) is 0 Å². The molecular formula is C14H19ClN2O. The summed E-state index contributed by atoms with van der Waals surface area (Å²) in [7, 11) is 1.95. The van der Waals surface area contributed by atoms with Gasteiger partial charge in [0, 0.05) is 29.7 Å². The minimum absolute atomic E-state index is 0.106. The van der Waals surface area contributed by atoms with Crippen LogP contribution < -0.4 is 5.32 Å². The van der Waals surface area contributed by atoms with Crippen LogP contribution in [-0.2, 0) is 0 Å². The van der Waals surface area contributed by atoms with Gasteiger partial charge in [0.2, 0.25) is 0 Å². The van der Waals surface area contributed by atoms with E-state index in [1.807, 2.05) is 24.9 Å². The molecule has 1 amide bonds. The van der Waals surface area contributed by atoms with Gasteiger partial charge in [0.1, 0.15) is 0 Å². The SMILES string of the molecule is CNC1CCCN(C(=O)c2ccc(Cl)c(C)c2)C1. The molecule has 98 valence electrons. The minimum Gasteiger partial charge on any atom is -0.337 e. The van der Waals surface area contributed by atoms with Gasteiger partial charge in [-0.1, -0.05) is 11.6 Å². The van der Waals surface area contributed by atoms with Crippen molar-refractivity contribution < 1.29 is 4.79 Å². The Bertz CT molecular complexity index is 447. The fourth-order valence-electron chi connectivity index (χ4n) is 2.36. The third-order valence-electron chi connectivity index (χ3n) is 3.52. The second kappa shape index (κ2) is 5.72. The maximum Gasteiger partial charge on any atom is 0.253 e.